The van der Waals surface area contributed by atoms with E-state index in [4.69, 9.17) is 5.73 Å². The Balaban J connectivity index is 1.83. The molecule has 4 nitrogen and oxygen atoms in total. The van der Waals surface area contributed by atoms with E-state index in [1.54, 1.807) is 0 Å². The van der Waals surface area contributed by atoms with E-state index in [9.17, 15) is 4.79 Å². The Bertz CT molecular complexity index is 527. The van der Waals surface area contributed by atoms with Crippen LogP contribution in [0.15, 0.2) is 12.1 Å². The van der Waals surface area contributed by atoms with E-state index in [0.29, 0.717) is 6.42 Å². The molecule has 0 saturated carbocycles. The minimum absolute atomic E-state index is 0.110. The third-order valence-electron chi connectivity index (χ3n) is 4.47. The van der Waals surface area contributed by atoms with Crippen LogP contribution in [0.5, 0.6) is 0 Å². The lowest BCUT2D eigenvalue weighted by atomic mass is 10.0. The monoisotopic (exact) mass is 273 g/mol. The van der Waals surface area contributed by atoms with Gasteiger partial charge in [0.1, 0.15) is 0 Å². The predicted octanol–water partition coefficient (Wildman–Crippen LogP) is 2.78. The number of nitrogens with zero attached hydrogens (tertiary/aromatic N) is 1. The summed E-state index contributed by atoms with van der Waals surface area (Å²) in [5.41, 5.74) is 10.3. The molecule has 0 bridgehead atoms. The average Bonchev–Trinajstić information content (AvgIpc) is 2.87. The zero-order chi connectivity index (χ0) is 14.1. The van der Waals surface area contributed by atoms with Crippen LogP contribution in [0.25, 0.3) is 0 Å². The molecule has 1 atom stereocenters. The van der Waals surface area contributed by atoms with E-state index in [1.807, 2.05) is 6.07 Å². The first kappa shape index (κ1) is 13.3. The molecule has 0 aromatic heterocycles. The lowest BCUT2D eigenvalue weighted by Crippen LogP contribution is -2.23. The summed E-state index contributed by atoms with van der Waals surface area (Å²) < 4.78 is 0. The normalized spacial score (nSPS) is 21.8. The van der Waals surface area contributed by atoms with Crippen LogP contribution < -0.4 is 16.0 Å². The second-order valence-corrected chi connectivity index (χ2v) is 6.01. The fourth-order valence-corrected chi connectivity index (χ4v) is 3.41. The van der Waals surface area contributed by atoms with Crippen LogP contribution in [-0.2, 0) is 11.2 Å². The topological polar surface area (TPSA) is 58.4 Å². The van der Waals surface area contributed by atoms with Crippen LogP contribution in [0, 0.1) is 5.92 Å². The number of aryl methyl sites for hydroxylation is 1. The summed E-state index contributed by atoms with van der Waals surface area (Å²) in [6.45, 7) is 4.40. The van der Waals surface area contributed by atoms with Crippen molar-refractivity contribution in [2.75, 3.05) is 29.0 Å². The molecule has 1 aromatic rings. The molecule has 2 aliphatic heterocycles. The third-order valence-corrected chi connectivity index (χ3v) is 4.47. The molecule has 1 unspecified atom stereocenters. The number of hydrogen-bond donors (Lipinski definition) is 2. The zero-order valence-electron chi connectivity index (χ0n) is 12.1. The van der Waals surface area contributed by atoms with Crippen molar-refractivity contribution in [1.82, 2.24) is 0 Å². The van der Waals surface area contributed by atoms with Crippen molar-refractivity contribution in [3.8, 4) is 0 Å². The van der Waals surface area contributed by atoms with Gasteiger partial charge >= 0.3 is 0 Å². The van der Waals surface area contributed by atoms with Crippen LogP contribution in [0.4, 0.5) is 17.1 Å². The number of benzene rings is 1. The number of nitrogens with one attached hydrogen (secondary N) is 1. The van der Waals surface area contributed by atoms with Gasteiger partial charge in [-0.25, -0.2) is 0 Å². The Kier molecular flexibility index (Phi) is 3.55. The molecule has 0 radical (unpaired) electrons. The van der Waals surface area contributed by atoms with Gasteiger partial charge in [0, 0.05) is 25.2 Å². The van der Waals surface area contributed by atoms with Gasteiger partial charge < -0.3 is 16.0 Å². The van der Waals surface area contributed by atoms with Crippen LogP contribution in [0.3, 0.4) is 0 Å². The Labute approximate surface area is 120 Å². The van der Waals surface area contributed by atoms with Gasteiger partial charge in [0.15, 0.2) is 0 Å². The van der Waals surface area contributed by atoms with Crippen molar-refractivity contribution in [2.45, 2.75) is 39.0 Å². The number of anilines is 3. The van der Waals surface area contributed by atoms with E-state index >= 15 is 0 Å². The maximum Gasteiger partial charge on any atom is 0.224 e. The molecule has 0 aliphatic carbocycles. The highest BCUT2D eigenvalue weighted by molar-refractivity contribution is 5.95. The van der Waals surface area contributed by atoms with Crippen LogP contribution in [0.1, 0.15) is 38.2 Å². The number of nitrogens with two attached hydrogens (primary N) is 1. The number of fused-ring (bicyclic) bond motifs is 1. The molecule has 1 amide bonds. The van der Waals surface area contributed by atoms with Gasteiger partial charge in [-0.2, -0.15) is 0 Å². The molecular formula is C16H23N3O. The first-order chi connectivity index (χ1) is 9.67. The molecule has 2 heterocycles. The zero-order valence-corrected chi connectivity index (χ0v) is 12.1. The van der Waals surface area contributed by atoms with E-state index in [0.717, 1.165) is 48.1 Å². The fourth-order valence-electron chi connectivity index (χ4n) is 3.41. The van der Waals surface area contributed by atoms with Gasteiger partial charge in [-0.05, 0) is 42.9 Å². The van der Waals surface area contributed by atoms with Gasteiger partial charge in [-0.15, -0.1) is 0 Å². The van der Waals surface area contributed by atoms with Crippen molar-refractivity contribution >= 4 is 23.0 Å². The van der Waals surface area contributed by atoms with Crippen molar-refractivity contribution in [3.63, 3.8) is 0 Å². The Morgan fingerprint density at radius 3 is 3.05 bits per heavy atom. The smallest absolute Gasteiger partial charge is 0.224 e. The van der Waals surface area contributed by atoms with Gasteiger partial charge in [-0.3, -0.25) is 4.79 Å². The van der Waals surface area contributed by atoms with E-state index in [-0.39, 0.29) is 5.91 Å². The second-order valence-electron chi connectivity index (χ2n) is 6.01. The lowest BCUT2D eigenvalue weighted by Gasteiger charge is -2.25. The summed E-state index contributed by atoms with van der Waals surface area (Å²) in [6, 6.07) is 4.10. The summed E-state index contributed by atoms with van der Waals surface area (Å²) in [5, 5.41) is 2.97. The van der Waals surface area contributed by atoms with Gasteiger partial charge in [0.2, 0.25) is 5.91 Å². The van der Waals surface area contributed by atoms with Crippen LogP contribution in [-0.4, -0.2) is 19.0 Å². The fraction of sp³-hybridized carbons (Fsp3) is 0.562. The number of nitrogen functional groups attached to an aromatic ring is 1. The van der Waals surface area contributed by atoms with Gasteiger partial charge in [0.25, 0.3) is 0 Å². The van der Waals surface area contributed by atoms with Gasteiger partial charge in [-0.1, -0.05) is 13.3 Å². The number of hydrogen-bond acceptors (Lipinski definition) is 3. The molecule has 2 aliphatic rings. The summed E-state index contributed by atoms with van der Waals surface area (Å²) >= 11 is 0. The minimum Gasteiger partial charge on any atom is -0.397 e. The minimum atomic E-state index is 0.110. The van der Waals surface area contributed by atoms with Crippen LogP contribution in [0.2, 0.25) is 0 Å². The molecule has 3 rings (SSSR count). The number of carbonyl (C=O) groups is 1. The molecule has 4 heteroatoms. The summed E-state index contributed by atoms with van der Waals surface area (Å²) in [7, 11) is 0. The maximum atomic E-state index is 11.5. The molecule has 3 N–H and O–H groups in total. The molecular weight excluding hydrogens is 250 g/mol. The largest absolute Gasteiger partial charge is 0.397 e. The Morgan fingerprint density at radius 2 is 2.25 bits per heavy atom. The average molecular weight is 273 g/mol. The SMILES string of the molecule is CCCC1CCN(c2cc3c(cc2N)CCC(=O)N3)C1. The first-order valence-corrected chi connectivity index (χ1v) is 7.64. The van der Waals surface area contributed by atoms with E-state index < -0.39 is 0 Å². The predicted molar refractivity (Wildman–Crippen MR) is 83.0 cm³/mol. The summed E-state index contributed by atoms with van der Waals surface area (Å²) in [6.07, 6.45) is 5.14. The van der Waals surface area contributed by atoms with E-state index in [2.05, 4.69) is 23.2 Å². The third kappa shape index (κ3) is 2.47. The van der Waals surface area contributed by atoms with Crippen molar-refractivity contribution < 1.29 is 4.79 Å². The van der Waals surface area contributed by atoms with Crippen molar-refractivity contribution in [2.24, 2.45) is 5.92 Å². The Morgan fingerprint density at radius 1 is 1.40 bits per heavy atom. The molecule has 1 aromatic carbocycles. The highest BCUT2D eigenvalue weighted by Gasteiger charge is 2.25. The molecule has 108 valence electrons. The summed E-state index contributed by atoms with van der Waals surface area (Å²) in [5.74, 6) is 0.892. The van der Waals surface area contributed by atoms with Crippen LogP contribution >= 0.6 is 0 Å². The lowest BCUT2D eigenvalue weighted by molar-refractivity contribution is -0.116. The van der Waals surface area contributed by atoms with Crippen molar-refractivity contribution in [3.05, 3.63) is 17.7 Å². The maximum absolute atomic E-state index is 11.5. The number of carbonyl (C=O) groups excluding carboxylic acids is 1. The molecule has 1 saturated heterocycles. The summed E-state index contributed by atoms with van der Waals surface area (Å²) in [4.78, 5) is 13.9. The number of amides is 1. The first-order valence-electron chi connectivity index (χ1n) is 7.64. The molecule has 20 heavy (non-hydrogen) atoms. The Hall–Kier alpha value is -1.71. The van der Waals surface area contributed by atoms with E-state index in [1.165, 1.54) is 19.3 Å². The van der Waals surface area contributed by atoms with Gasteiger partial charge in [0.05, 0.1) is 11.4 Å². The number of rotatable bonds is 3. The van der Waals surface area contributed by atoms with Crippen molar-refractivity contribution in [1.29, 1.82) is 0 Å². The second kappa shape index (κ2) is 5.35. The molecule has 1 fully saturated rings. The quantitative estimate of drug-likeness (QED) is 0.833. The standard InChI is InChI=1S/C16H23N3O/c1-2-3-11-6-7-19(10-11)15-9-14-12(8-13(15)17)4-5-16(20)18-14/h8-9,11H,2-7,10,17H2,1H3,(H,18,20). The molecule has 0 spiro atoms. The highest BCUT2D eigenvalue weighted by Crippen LogP contribution is 2.36. The highest BCUT2D eigenvalue weighted by atomic mass is 16.1.